The number of nitrogens with two attached hydrogens (primary N) is 1. The summed E-state index contributed by atoms with van der Waals surface area (Å²) in [6.45, 7) is 2.24. The highest BCUT2D eigenvalue weighted by Crippen LogP contribution is 2.28. The van der Waals surface area contributed by atoms with Crippen molar-refractivity contribution >= 4 is 23.2 Å². The number of halogens is 2. The molecule has 1 aromatic heterocycles. The number of hydrogen-bond acceptors (Lipinski definition) is 3. The zero-order valence-electron chi connectivity index (χ0n) is 10.7. The summed E-state index contributed by atoms with van der Waals surface area (Å²) in [5.74, 6) is 0. The van der Waals surface area contributed by atoms with Crippen molar-refractivity contribution in [3.63, 3.8) is 0 Å². The number of likely N-dealkylation sites (N-methyl/N-ethyl adjacent to an activating group) is 1. The Balaban J connectivity index is 2.28. The molecule has 0 aliphatic rings. The van der Waals surface area contributed by atoms with Gasteiger partial charge in [-0.05, 0) is 25.2 Å². The first kappa shape index (κ1) is 14.3. The van der Waals surface area contributed by atoms with Crippen LogP contribution >= 0.6 is 23.2 Å². The minimum Gasteiger partial charge on any atom is -0.329 e. The molecule has 2 aromatic rings. The van der Waals surface area contributed by atoms with Gasteiger partial charge in [-0.3, -0.25) is 5.10 Å². The third-order valence-electron chi connectivity index (χ3n) is 2.81. The van der Waals surface area contributed by atoms with E-state index in [1.807, 2.05) is 25.4 Å². The maximum Gasteiger partial charge on any atom is 0.0966 e. The molecule has 0 saturated heterocycles. The van der Waals surface area contributed by atoms with Gasteiger partial charge in [0.05, 0.1) is 5.69 Å². The molecule has 0 radical (unpaired) electrons. The van der Waals surface area contributed by atoms with Gasteiger partial charge >= 0.3 is 0 Å². The van der Waals surface area contributed by atoms with Crippen LogP contribution in [0.2, 0.25) is 10.0 Å². The summed E-state index contributed by atoms with van der Waals surface area (Å²) in [5, 5.41) is 8.38. The van der Waals surface area contributed by atoms with Crippen LogP contribution in [0.3, 0.4) is 0 Å². The average Bonchev–Trinajstić information content (AvgIpc) is 2.76. The number of aromatic amines is 1. The highest BCUT2D eigenvalue weighted by Gasteiger charge is 2.11. The third kappa shape index (κ3) is 3.70. The predicted molar refractivity (Wildman–Crippen MR) is 79.4 cm³/mol. The van der Waals surface area contributed by atoms with Crippen LogP contribution < -0.4 is 5.73 Å². The van der Waals surface area contributed by atoms with Crippen LogP contribution in [0.25, 0.3) is 11.3 Å². The first-order valence-corrected chi connectivity index (χ1v) is 6.73. The lowest BCUT2D eigenvalue weighted by Gasteiger charge is -2.15. The van der Waals surface area contributed by atoms with E-state index in [-0.39, 0.29) is 0 Å². The summed E-state index contributed by atoms with van der Waals surface area (Å²) >= 11 is 12.1. The molecule has 6 heteroatoms. The monoisotopic (exact) mass is 298 g/mol. The number of nitrogens with zero attached hydrogens (tertiary/aromatic N) is 2. The lowest BCUT2D eigenvalue weighted by atomic mass is 10.1. The van der Waals surface area contributed by atoms with Gasteiger partial charge in [-0.15, -0.1) is 0 Å². The molecule has 102 valence electrons. The van der Waals surface area contributed by atoms with E-state index in [0.717, 1.165) is 29.9 Å². The second-order valence-electron chi connectivity index (χ2n) is 4.44. The Kier molecular flexibility index (Phi) is 4.82. The molecule has 0 saturated carbocycles. The molecule has 0 amide bonds. The van der Waals surface area contributed by atoms with Crippen molar-refractivity contribution in [2.75, 3.05) is 20.1 Å². The van der Waals surface area contributed by atoms with Gasteiger partial charge in [0.2, 0.25) is 0 Å². The molecule has 0 spiro atoms. The maximum atomic E-state index is 6.03. The average molecular weight is 299 g/mol. The number of nitrogens with one attached hydrogen (secondary N) is 1. The molecule has 0 unspecified atom stereocenters. The molecule has 0 atom stereocenters. The third-order valence-corrected chi connectivity index (χ3v) is 3.24. The summed E-state index contributed by atoms with van der Waals surface area (Å²) in [5.41, 5.74) is 8.42. The van der Waals surface area contributed by atoms with Crippen molar-refractivity contribution in [2.24, 2.45) is 5.73 Å². The van der Waals surface area contributed by atoms with E-state index in [1.54, 1.807) is 6.07 Å². The highest BCUT2D eigenvalue weighted by atomic mass is 35.5. The van der Waals surface area contributed by atoms with Crippen LogP contribution in [0.15, 0.2) is 24.4 Å². The fourth-order valence-corrected chi connectivity index (χ4v) is 2.49. The summed E-state index contributed by atoms with van der Waals surface area (Å²) in [6, 6.07) is 5.42. The van der Waals surface area contributed by atoms with Crippen molar-refractivity contribution in [2.45, 2.75) is 6.54 Å². The minimum atomic E-state index is 0.603. The quantitative estimate of drug-likeness (QED) is 0.892. The Morgan fingerprint density at radius 1 is 1.26 bits per heavy atom. The summed E-state index contributed by atoms with van der Waals surface area (Å²) in [4.78, 5) is 2.14. The van der Waals surface area contributed by atoms with Crippen molar-refractivity contribution in [1.29, 1.82) is 0 Å². The van der Waals surface area contributed by atoms with E-state index in [2.05, 4.69) is 15.1 Å². The molecule has 1 heterocycles. The fourth-order valence-electron chi connectivity index (χ4n) is 1.97. The number of aromatic nitrogens is 2. The van der Waals surface area contributed by atoms with Crippen LogP contribution in [0.1, 0.15) is 5.56 Å². The Morgan fingerprint density at radius 2 is 1.95 bits per heavy atom. The summed E-state index contributed by atoms with van der Waals surface area (Å²) in [6.07, 6.45) is 1.89. The topological polar surface area (TPSA) is 57.9 Å². The van der Waals surface area contributed by atoms with Crippen LogP contribution in [0.4, 0.5) is 0 Å². The fraction of sp³-hybridized carbons (Fsp3) is 0.308. The van der Waals surface area contributed by atoms with Crippen molar-refractivity contribution in [1.82, 2.24) is 15.1 Å². The molecule has 4 nitrogen and oxygen atoms in total. The molecule has 0 fully saturated rings. The number of hydrogen-bond donors (Lipinski definition) is 2. The largest absolute Gasteiger partial charge is 0.329 e. The van der Waals surface area contributed by atoms with E-state index >= 15 is 0 Å². The molecule has 3 N–H and O–H groups in total. The standard InChI is InChI=1S/C13H16Cl2N4/c1-19(3-2-16)8-10-7-17-18-13(10)9-4-11(14)6-12(15)5-9/h4-7H,2-3,8,16H2,1H3,(H,17,18). The van der Waals surface area contributed by atoms with Crippen LogP contribution in [-0.2, 0) is 6.54 Å². The number of rotatable bonds is 5. The zero-order chi connectivity index (χ0) is 13.8. The van der Waals surface area contributed by atoms with Gasteiger partial charge in [-0.25, -0.2) is 0 Å². The van der Waals surface area contributed by atoms with E-state index in [1.165, 1.54) is 0 Å². The number of H-pyrrole nitrogens is 1. The predicted octanol–water partition coefficient (Wildman–Crippen LogP) is 2.77. The molecule has 0 aliphatic heterocycles. The van der Waals surface area contributed by atoms with Gasteiger partial charge in [0.25, 0.3) is 0 Å². The minimum absolute atomic E-state index is 0.603. The van der Waals surface area contributed by atoms with Gasteiger partial charge in [-0.1, -0.05) is 23.2 Å². The molecule has 0 aliphatic carbocycles. The SMILES string of the molecule is CN(CCN)Cc1c[nH]nc1-c1cc(Cl)cc(Cl)c1. The Labute approximate surface area is 122 Å². The zero-order valence-corrected chi connectivity index (χ0v) is 12.2. The van der Waals surface area contributed by atoms with E-state index in [9.17, 15) is 0 Å². The van der Waals surface area contributed by atoms with Gasteiger partial charge in [0.15, 0.2) is 0 Å². The lowest BCUT2D eigenvalue weighted by molar-refractivity contribution is 0.337. The van der Waals surface area contributed by atoms with E-state index in [0.29, 0.717) is 16.6 Å². The smallest absolute Gasteiger partial charge is 0.0966 e. The van der Waals surface area contributed by atoms with Gasteiger partial charge in [0, 0.05) is 47.0 Å². The Bertz CT molecular complexity index is 533. The van der Waals surface area contributed by atoms with Gasteiger partial charge in [-0.2, -0.15) is 5.10 Å². The highest BCUT2D eigenvalue weighted by molar-refractivity contribution is 6.35. The van der Waals surface area contributed by atoms with Gasteiger partial charge in [0.1, 0.15) is 0 Å². The van der Waals surface area contributed by atoms with Crippen molar-refractivity contribution in [3.8, 4) is 11.3 Å². The first-order valence-electron chi connectivity index (χ1n) is 5.98. The van der Waals surface area contributed by atoms with Crippen LogP contribution in [0, 0.1) is 0 Å². The van der Waals surface area contributed by atoms with Gasteiger partial charge < -0.3 is 10.6 Å². The molecule has 0 bridgehead atoms. The maximum absolute atomic E-state index is 6.03. The molecular weight excluding hydrogens is 283 g/mol. The normalized spacial score (nSPS) is 11.2. The lowest BCUT2D eigenvalue weighted by Crippen LogP contribution is -2.25. The molecular formula is C13H16Cl2N4. The summed E-state index contributed by atoms with van der Waals surface area (Å²) in [7, 11) is 2.02. The van der Waals surface area contributed by atoms with Crippen molar-refractivity contribution in [3.05, 3.63) is 40.0 Å². The number of benzene rings is 1. The first-order chi connectivity index (χ1) is 9.10. The van der Waals surface area contributed by atoms with E-state index < -0.39 is 0 Å². The molecule has 19 heavy (non-hydrogen) atoms. The van der Waals surface area contributed by atoms with E-state index in [4.69, 9.17) is 28.9 Å². The summed E-state index contributed by atoms with van der Waals surface area (Å²) < 4.78 is 0. The molecule has 1 aromatic carbocycles. The Morgan fingerprint density at radius 3 is 2.58 bits per heavy atom. The van der Waals surface area contributed by atoms with Crippen LogP contribution in [0.5, 0.6) is 0 Å². The Hall–Kier alpha value is -1.07. The van der Waals surface area contributed by atoms with Crippen molar-refractivity contribution < 1.29 is 0 Å². The molecule has 2 rings (SSSR count). The second-order valence-corrected chi connectivity index (χ2v) is 5.32. The second kappa shape index (κ2) is 6.39. The van der Waals surface area contributed by atoms with Crippen LogP contribution in [-0.4, -0.2) is 35.2 Å².